The third kappa shape index (κ3) is 9.18. The van der Waals surface area contributed by atoms with Crippen molar-refractivity contribution >= 4 is 17.7 Å². The van der Waals surface area contributed by atoms with Gasteiger partial charge >= 0.3 is 11.9 Å². The Labute approximate surface area is 408 Å². The number of ether oxygens (including phenoxy) is 9. The summed E-state index contributed by atoms with van der Waals surface area (Å²) in [7, 11) is 1.32. The van der Waals surface area contributed by atoms with Crippen LogP contribution in [-0.4, -0.2) is 188 Å². The molecule has 20 nitrogen and oxygen atoms in total. The molecule has 0 amide bonds. The van der Waals surface area contributed by atoms with Crippen molar-refractivity contribution in [2.45, 2.75) is 223 Å². The molecule has 0 spiro atoms. The normalized spacial score (nSPS) is 48.7. The first-order valence-corrected chi connectivity index (χ1v) is 24.7. The van der Waals surface area contributed by atoms with Gasteiger partial charge in [0.2, 0.25) is 0 Å². The summed E-state index contributed by atoms with van der Waals surface area (Å²) < 4.78 is 54.8. The predicted molar refractivity (Wildman–Crippen MR) is 243 cm³/mol. The van der Waals surface area contributed by atoms with Crippen molar-refractivity contribution in [3.05, 3.63) is 34.9 Å². The fraction of sp³-hybridized carbons (Fsp3) is 0.820. The minimum Gasteiger partial charge on any atom is -0.455 e. The molecule has 7 aliphatic rings. The maximum absolute atomic E-state index is 13.9. The summed E-state index contributed by atoms with van der Waals surface area (Å²) in [6.45, 7) is 14.2. The van der Waals surface area contributed by atoms with Crippen LogP contribution in [-0.2, 0) is 57.0 Å². The highest BCUT2D eigenvalue weighted by molar-refractivity contribution is 5.89. The standard InChI is InChI=1S/C50H76O20/c1-11-22(3)43(58)67-40-41-47(8)16-14-28(19-27(47)13-17-49(41,60)50(61)18-15-29(24(5)52)48(50,9)42(40)70-44(59)23(4)12-2)65-32-20-30(53)37(25(6)63-32)68-46-36(57)39(62-10)38(26(7)64-46)69-45-35(56)34(55)33(54)31(21-51)66-45/h11-13,25-26,28-42,45-46,51,53-57,60-61H,14-21H2,1-10H3/b22-11+,23-12+/t25-,26-,28+,29-,30-,31-,32+,33-,34+,35-,36-,37-,38-,39+,40+,41-,42-,45+,46+,47+,48+,49+,50-/m1/s1. The first kappa shape index (κ1) is 55.0. The lowest BCUT2D eigenvalue weighted by Crippen LogP contribution is -2.80. The summed E-state index contributed by atoms with van der Waals surface area (Å²) in [6, 6.07) is 0. The molecule has 0 radical (unpaired) electrons. The molecule has 6 fully saturated rings. The van der Waals surface area contributed by atoms with Gasteiger partial charge in [0.05, 0.1) is 31.0 Å². The van der Waals surface area contributed by atoms with Crippen LogP contribution in [0.15, 0.2) is 34.9 Å². The number of hydrogen-bond donors (Lipinski definition) is 8. The number of fused-ring (bicyclic) bond motifs is 5. The van der Waals surface area contributed by atoms with E-state index in [9.17, 15) is 55.2 Å². The molecule has 4 aliphatic carbocycles. The summed E-state index contributed by atoms with van der Waals surface area (Å²) in [6.07, 6.45) is -14.2. The Kier molecular flexibility index (Phi) is 16.4. The van der Waals surface area contributed by atoms with Crippen LogP contribution < -0.4 is 0 Å². The van der Waals surface area contributed by atoms with Gasteiger partial charge in [0.25, 0.3) is 0 Å². The van der Waals surface area contributed by atoms with Gasteiger partial charge in [-0.05, 0) is 92.4 Å². The number of rotatable bonds is 13. The molecular weight excluding hydrogens is 921 g/mol. The number of methoxy groups -OCH3 is 1. The lowest BCUT2D eigenvalue weighted by atomic mass is 9.42. The van der Waals surface area contributed by atoms with Crippen LogP contribution in [0, 0.1) is 22.7 Å². The minimum absolute atomic E-state index is 0.0248. The molecule has 0 aromatic rings. The highest BCUT2D eigenvalue weighted by Crippen LogP contribution is 2.70. The number of hydrogen-bond acceptors (Lipinski definition) is 20. The van der Waals surface area contributed by atoms with Crippen LogP contribution >= 0.6 is 0 Å². The Morgan fingerprint density at radius 1 is 0.757 bits per heavy atom. The predicted octanol–water partition coefficient (Wildman–Crippen LogP) is 0.932. The second-order valence-electron chi connectivity index (χ2n) is 21.1. The van der Waals surface area contributed by atoms with E-state index in [1.807, 2.05) is 13.0 Å². The average molecular weight is 997 g/mol. The van der Waals surface area contributed by atoms with Crippen molar-refractivity contribution in [3.63, 3.8) is 0 Å². The van der Waals surface area contributed by atoms with Gasteiger partial charge in [0.1, 0.15) is 78.0 Å². The first-order chi connectivity index (χ1) is 32.9. The smallest absolute Gasteiger partial charge is 0.333 e. The molecule has 7 rings (SSSR count). The van der Waals surface area contributed by atoms with Crippen LogP contribution in [0.25, 0.3) is 0 Å². The summed E-state index contributed by atoms with van der Waals surface area (Å²) >= 11 is 0. The van der Waals surface area contributed by atoms with Crippen LogP contribution in [0.3, 0.4) is 0 Å². The number of carbonyl (C=O) groups is 3. The zero-order chi connectivity index (χ0) is 51.6. The molecule has 8 N–H and O–H groups in total. The maximum atomic E-state index is 13.9. The van der Waals surface area contributed by atoms with E-state index in [-0.39, 0.29) is 42.6 Å². The Balaban J connectivity index is 1.07. The third-order valence-corrected chi connectivity index (χ3v) is 17.3. The van der Waals surface area contributed by atoms with Gasteiger partial charge in [0.15, 0.2) is 18.9 Å². The monoisotopic (exact) mass is 996 g/mol. The van der Waals surface area contributed by atoms with Crippen LogP contribution in [0.2, 0.25) is 0 Å². The third-order valence-electron chi connectivity index (χ3n) is 17.3. The van der Waals surface area contributed by atoms with Crippen molar-refractivity contribution in [2.75, 3.05) is 13.7 Å². The molecule has 3 saturated heterocycles. The van der Waals surface area contributed by atoms with E-state index in [0.717, 1.165) is 5.57 Å². The summed E-state index contributed by atoms with van der Waals surface area (Å²) in [5, 5.41) is 90.0. The number of aliphatic hydroxyl groups is 8. The second-order valence-corrected chi connectivity index (χ2v) is 21.1. The summed E-state index contributed by atoms with van der Waals surface area (Å²) in [4.78, 5) is 41.0. The van der Waals surface area contributed by atoms with Gasteiger partial charge in [-0.2, -0.15) is 0 Å². The van der Waals surface area contributed by atoms with Gasteiger partial charge in [-0.15, -0.1) is 0 Å². The molecule has 0 aromatic carbocycles. The number of carbonyl (C=O) groups excluding carboxylic acids is 3. The fourth-order valence-electron chi connectivity index (χ4n) is 13.0. The Hall–Kier alpha value is -2.77. The molecule has 0 aromatic heterocycles. The highest BCUT2D eigenvalue weighted by atomic mass is 16.8. The summed E-state index contributed by atoms with van der Waals surface area (Å²) in [5.41, 5.74) is -4.94. The molecular formula is C50H76O20. The average Bonchev–Trinajstić information content (AvgIpc) is 3.61. The van der Waals surface area contributed by atoms with Crippen molar-refractivity contribution in [1.82, 2.24) is 0 Å². The Morgan fingerprint density at radius 3 is 1.97 bits per heavy atom. The number of Topliss-reactive ketones (excluding diaryl/α,β-unsaturated/α-hetero) is 1. The van der Waals surface area contributed by atoms with Crippen molar-refractivity contribution in [1.29, 1.82) is 0 Å². The van der Waals surface area contributed by atoms with E-state index in [0.29, 0.717) is 19.3 Å². The largest absolute Gasteiger partial charge is 0.455 e. The van der Waals surface area contributed by atoms with Gasteiger partial charge in [-0.1, -0.05) is 37.6 Å². The lowest BCUT2D eigenvalue weighted by molar-refractivity contribution is -0.370. The van der Waals surface area contributed by atoms with E-state index in [1.165, 1.54) is 14.0 Å². The SMILES string of the molecule is C/C=C(\C)C(=O)O[C@@H]1[C@@H](OC(=O)/C(C)=C/C)[C@]2(C)[C@@H](C(C)=O)CC[C@]2(O)[C@]2(O)CC=C3C[C@@H](O[C@H]4C[C@@H](O)[C@H](O[C@@H]5O[C@H](C)[C@@H](O[C@@H]6O[C@H](CO)[C@@H](O)[C@H](O)[C@H]6O)[C@@H](OC)[C@H]5O)[C@@H](C)O4)CC[C@]3(C)[C@@H]12. The molecule has 0 bridgehead atoms. The van der Waals surface area contributed by atoms with Crippen LogP contribution in [0.4, 0.5) is 0 Å². The van der Waals surface area contributed by atoms with Crippen molar-refractivity contribution in [2.24, 2.45) is 22.7 Å². The number of esters is 2. The molecule has 3 heterocycles. The minimum atomic E-state index is -1.95. The molecule has 396 valence electrons. The lowest BCUT2D eigenvalue weighted by Gasteiger charge is -2.68. The Morgan fingerprint density at radius 2 is 1.37 bits per heavy atom. The second kappa shape index (κ2) is 20.9. The molecule has 0 unspecified atom stereocenters. The van der Waals surface area contributed by atoms with Crippen molar-refractivity contribution < 1.29 is 97.9 Å². The highest BCUT2D eigenvalue weighted by Gasteiger charge is 2.81. The molecule has 70 heavy (non-hydrogen) atoms. The maximum Gasteiger partial charge on any atom is 0.333 e. The molecule has 23 atom stereocenters. The molecule has 20 heteroatoms. The molecule has 3 aliphatic heterocycles. The zero-order valence-corrected chi connectivity index (χ0v) is 41.8. The topological polar surface area (TPSA) is 296 Å². The quantitative estimate of drug-likeness (QED) is 0.0723. The van der Waals surface area contributed by atoms with Gasteiger partial charge < -0.3 is 83.5 Å². The number of aliphatic hydroxyl groups excluding tert-OH is 6. The zero-order valence-electron chi connectivity index (χ0n) is 41.8. The van der Waals surface area contributed by atoms with E-state index >= 15 is 0 Å². The molecule has 3 saturated carbocycles. The van der Waals surface area contributed by atoms with Gasteiger partial charge in [-0.3, -0.25) is 4.79 Å². The van der Waals surface area contributed by atoms with E-state index in [2.05, 4.69) is 0 Å². The van der Waals surface area contributed by atoms with E-state index in [1.54, 1.807) is 60.6 Å². The van der Waals surface area contributed by atoms with Crippen LogP contribution in [0.1, 0.15) is 107 Å². The number of ketones is 1. The summed E-state index contributed by atoms with van der Waals surface area (Å²) in [5.74, 6) is -3.46. The van der Waals surface area contributed by atoms with Crippen LogP contribution in [0.5, 0.6) is 0 Å². The van der Waals surface area contributed by atoms with E-state index in [4.69, 9.17) is 42.6 Å². The Bertz CT molecular complexity index is 2010. The first-order valence-electron chi connectivity index (χ1n) is 24.7. The number of allylic oxidation sites excluding steroid dienone is 2. The van der Waals surface area contributed by atoms with Crippen molar-refractivity contribution in [3.8, 4) is 0 Å². The van der Waals surface area contributed by atoms with E-state index < -0.39 is 157 Å². The van der Waals surface area contributed by atoms with Gasteiger partial charge in [-0.25, -0.2) is 9.59 Å². The van der Waals surface area contributed by atoms with Gasteiger partial charge in [0, 0.05) is 41.9 Å². The fourth-order valence-corrected chi connectivity index (χ4v) is 13.0.